The number of nitrogens with one attached hydrogen (secondary N) is 2. The first-order chi connectivity index (χ1) is 16.8. The van der Waals surface area contributed by atoms with Gasteiger partial charge in [0.25, 0.3) is 5.91 Å². The topological polar surface area (TPSA) is 106 Å². The Labute approximate surface area is 208 Å². The number of carbonyl (C=O) groups is 1. The molecule has 0 bridgehead atoms. The highest BCUT2D eigenvalue weighted by Gasteiger charge is 2.34. The highest BCUT2D eigenvalue weighted by Crippen LogP contribution is 2.34. The number of halogens is 5. The van der Waals surface area contributed by atoms with Crippen molar-refractivity contribution in [3.8, 4) is 0 Å². The molecule has 4 rings (SSSR count). The first-order valence-electron chi connectivity index (χ1n) is 10.9. The van der Waals surface area contributed by atoms with Crippen molar-refractivity contribution >= 4 is 43.9 Å². The number of nitrogens with zero attached hydrogens (tertiary/aromatic N) is 3. The fourth-order valence-corrected chi connectivity index (χ4v) is 5.10. The third kappa shape index (κ3) is 6.25. The van der Waals surface area contributed by atoms with Gasteiger partial charge in [-0.05, 0) is 49.9 Å². The number of hydrogen-bond acceptors (Lipinski definition) is 6. The fourth-order valence-electron chi connectivity index (χ4n) is 4.25. The molecule has 2 atom stereocenters. The van der Waals surface area contributed by atoms with Gasteiger partial charge in [-0.15, -0.1) is 0 Å². The SMILES string of the molecule is CS(=O)(=O)Cn1cc(C(=O)N[C@@H]2CCC[C@H](Nc3cc(C(F)(F)F)nc4ccc(F)cc34)C2)c(Cl)n1. The zero-order valence-electron chi connectivity index (χ0n) is 18.9. The van der Waals surface area contributed by atoms with Crippen LogP contribution in [0, 0.1) is 5.82 Å². The quantitative estimate of drug-likeness (QED) is 0.443. The van der Waals surface area contributed by atoms with Gasteiger partial charge in [0.05, 0.1) is 11.1 Å². The maximum atomic E-state index is 13.8. The molecule has 8 nitrogen and oxygen atoms in total. The zero-order valence-corrected chi connectivity index (χ0v) is 20.5. The number of sulfone groups is 1. The Morgan fingerprint density at radius 2 is 1.94 bits per heavy atom. The summed E-state index contributed by atoms with van der Waals surface area (Å²) in [6, 6.07) is 3.60. The van der Waals surface area contributed by atoms with Gasteiger partial charge >= 0.3 is 6.18 Å². The molecule has 2 N–H and O–H groups in total. The van der Waals surface area contributed by atoms with Crippen LogP contribution in [0.4, 0.5) is 23.2 Å². The Hall–Kier alpha value is -2.93. The highest BCUT2D eigenvalue weighted by atomic mass is 35.5. The molecule has 0 unspecified atom stereocenters. The molecule has 194 valence electrons. The number of amides is 1. The van der Waals surface area contributed by atoms with Crippen LogP contribution in [0.2, 0.25) is 5.15 Å². The summed E-state index contributed by atoms with van der Waals surface area (Å²) in [7, 11) is -3.40. The molecular weight excluding hydrogens is 526 g/mol. The zero-order chi connectivity index (χ0) is 26.3. The summed E-state index contributed by atoms with van der Waals surface area (Å²) in [6.07, 6.45) is -0.0982. The molecule has 0 radical (unpaired) electrons. The molecule has 1 aromatic carbocycles. The predicted molar refractivity (Wildman–Crippen MR) is 126 cm³/mol. The van der Waals surface area contributed by atoms with Gasteiger partial charge in [0.1, 0.15) is 17.4 Å². The largest absolute Gasteiger partial charge is 0.433 e. The summed E-state index contributed by atoms with van der Waals surface area (Å²) >= 11 is 6.01. The summed E-state index contributed by atoms with van der Waals surface area (Å²) in [6.45, 7) is 0. The average Bonchev–Trinajstić information content (AvgIpc) is 3.12. The lowest BCUT2D eigenvalue weighted by atomic mass is 9.90. The van der Waals surface area contributed by atoms with Crippen LogP contribution in [0.1, 0.15) is 41.7 Å². The fraction of sp³-hybridized carbons (Fsp3) is 0.409. The summed E-state index contributed by atoms with van der Waals surface area (Å²) in [5.41, 5.74) is -0.963. The van der Waals surface area contributed by atoms with Crippen LogP contribution in [-0.2, 0) is 21.9 Å². The van der Waals surface area contributed by atoms with Crippen molar-refractivity contribution in [3.05, 3.63) is 52.7 Å². The van der Waals surface area contributed by atoms with E-state index in [1.165, 1.54) is 12.3 Å². The molecule has 36 heavy (non-hydrogen) atoms. The molecule has 2 heterocycles. The summed E-state index contributed by atoms with van der Waals surface area (Å²) < 4.78 is 78.0. The number of hydrogen-bond donors (Lipinski definition) is 2. The Bertz CT molecular complexity index is 1410. The predicted octanol–water partition coefficient (Wildman–Crippen LogP) is 4.40. The van der Waals surface area contributed by atoms with Gasteiger partial charge in [0.2, 0.25) is 0 Å². The van der Waals surface area contributed by atoms with Crippen LogP contribution in [0.15, 0.2) is 30.5 Å². The van der Waals surface area contributed by atoms with Crippen molar-refractivity contribution in [2.45, 2.75) is 49.8 Å². The van der Waals surface area contributed by atoms with Crippen LogP contribution in [0.3, 0.4) is 0 Å². The van der Waals surface area contributed by atoms with E-state index < -0.39 is 39.3 Å². The van der Waals surface area contributed by atoms with Crippen molar-refractivity contribution < 1.29 is 30.8 Å². The third-order valence-corrected chi connectivity index (χ3v) is 6.77. The number of aromatic nitrogens is 3. The average molecular weight is 548 g/mol. The minimum atomic E-state index is -4.68. The highest BCUT2D eigenvalue weighted by molar-refractivity contribution is 7.89. The van der Waals surface area contributed by atoms with E-state index in [-0.39, 0.29) is 39.4 Å². The van der Waals surface area contributed by atoms with Gasteiger partial charge < -0.3 is 10.6 Å². The van der Waals surface area contributed by atoms with Crippen molar-refractivity contribution in [1.82, 2.24) is 20.1 Å². The normalized spacial score (nSPS) is 18.8. The smallest absolute Gasteiger partial charge is 0.382 e. The molecule has 0 aliphatic heterocycles. The summed E-state index contributed by atoms with van der Waals surface area (Å²) in [4.78, 5) is 16.4. The van der Waals surface area contributed by atoms with Crippen LogP contribution >= 0.6 is 11.6 Å². The molecule has 0 saturated heterocycles. The van der Waals surface area contributed by atoms with E-state index in [1.54, 1.807) is 0 Å². The second kappa shape index (κ2) is 9.85. The van der Waals surface area contributed by atoms with E-state index >= 15 is 0 Å². The van der Waals surface area contributed by atoms with Crippen molar-refractivity contribution in [2.24, 2.45) is 0 Å². The van der Waals surface area contributed by atoms with Gasteiger partial charge in [0, 0.05) is 35.6 Å². The van der Waals surface area contributed by atoms with Crippen molar-refractivity contribution in [1.29, 1.82) is 0 Å². The lowest BCUT2D eigenvalue weighted by molar-refractivity contribution is -0.140. The molecule has 1 amide bonds. The standard InChI is InChI=1S/C22H22ClF4N5O3S/c1-36(34,35)11-32-10-16(20(23)31-32)21(33)29-14-4-2-3-13(8-14)28-18-9-19(22(25,26)27)30-17-6-5-12(24)7-15(17)18/h5-7,9-10,13-14H,2-4,8,11H2,1H3,(H,28,30)(H,29,33)/t13-,14+/m0/s1. The molecule has 1 saturated carbocycles. The van der Waals surface area contributed by atoms with Gasteiger partial charge in [-0.3, -0.25) is 9.48 Å². The molecule has 2 aromatic heterocycles. The van der Waals surface area contributed by atoms with E-state index in [4.69, 9.17) is 11.6 Å². The number of carbonyl (C=O) groups excluding carboxylic acids is 1. The second-order valence-electron chi connectivity index (χ2n) is 8.82. The monoisotopic (exact) mass is 547 g/mol. The number of alkyl halides is 3. The number of benzene rings is 1. The summed E-state index contributed by atoms with van der Waals surface area (Å²) in [5, 5.41) is 9.83. The van der Waals surface area contributed by atoms with E-state index in [1.807, 2.05) is 0 Å². The first kappa shape index (κ1) is 26.1. The number of rotatable bonds is 6. The van der Waals surface area contributed by atoms with E-state index in [2.05, 4.69) is 20.7 Å². The first-order valence-corrected chi connectivity index (χ1v) is 13.4. The molecule has 14 heteroatoms. The maximum Gasteiger partial charge on any atom is 0.433 e. The minimum Gasteiger partial charge on any atom is -0.382 e. The summed E-state index contributed by atoms with van der Waals surface area (Å²) in [5.74, 6) is -1.58. The number of pyridine rings is 1. The Morgan fingerprint density at radius 3 is 2.64 bits per heavy atom. The lowest BCUT2D eigenvalue weighted by Crippen LogP contribution is -2.41. The van der Waals surface area contributed by atoms with Crippen LogP contribution < -0.4 is 10.6 Å². The molecule has 0 spiro atoms. The van der Waals surface area contributed by atoms with Crippen LogP contribution in [0.5, 0.6) is 0 Å². The Morgan fingerprint density at radius 1 is 1.22 bits per heavy atom. The number of anilines is 1. The number of fused-ring (bicyclic) bond motifs is 1. The molecule has 1 aliphatic rings. The van der Waals surface area contributed by atoms with E-state index in [9.17, 15) is 30.8 Å². The van der Waals surface area contributed by atoms with Crippen LogP contribution in [0.25, 0.3) is 10.9 Å². The third-order valence-electron chi connectivity index (χ3n) is 5.76. The van der Waals surface area contributed by atoms with E-state index in [0.29, 0.717) is 25.7 Å². The second-order valence-corrected chi connectivity index (χ2v) is 11.3. The Kier molecular flexibility index (Phi) is 7.15. The molecular formula is C22H22ClF4N5O3S. The lowest BCUT2D eigenvalue weighted by Gasteiger charge is -2.31. The van der Waals surface area contributed by atoms with Gasteiger partial charge in [-0.25, -0.2) is 17.8 Å². The van der Waals surface area contributed by atoms with Crippen molar-refractivity contribution in [2.75, 3.05) is 11.6 Å². The maximum absolute atomic E-state index is 13.8. The van der Waals surface area contributed by atoms with E-state index in [0.717, 1.165) is 29.1 Å². The molecule has 3 aromatic rings. The van der Waals surface area contributed by atoms with Gasteiger partial charge in [-0.2, -0.15) is 18.3 Å². The molecule has 1 fully saturated rings. The minimum absolute atomic E-state index is 0.00938. The van der Waals surface area contributed by atoms with Crippen LogP contribution in [-0.4, -0.2) is 47.4 Å². The van der Waals surface area contributed by atoms with Gasteiger partial charge in [0.15, 0.2) is 15.0 Å². The molecule has 1 aliphatic carbocycles. The van der Waals surface area contributed by atoms with Gasteiger partial charge in [-0.1, -0.05) is 11.6 Å². The van der Waals surface area contributed by atoms with Crippen molar-refractivity contribution in [3.63, 3.8) is 0 Å². The Balaban J connectivity index is 1.50.